The average molecular weight is 329 g/mol. The third-order valence-electron chi connectivity index (χ3n) is 4.34. The SMILES string of the molecule is Cc1ccsc1C1CC1C(=O)N(C)Cc1ccc(C(=O)O)cc1. The Kier molecular flexibility index (Phi) is 4.22. The molecule has 0 spiro atoms. The molecule has 1 N–H and O–H groups in total. The Labute approximate surface area is 139 Å². The highest BCUT2D eigenvalue weighted by Crippen LogP contribution is 2.51. The number of carboxylic acids is 1. The van der Waals surface area contributed by atoms with Crippen LogP contribution in [-0.4, -0.2) is 28.9 Å². The summed E-state index contributed by atoms with van der Waals surface area (Å²) in [6.45, 7) is 2.60. The van der Waals surface area contributed by atoms with Gasteiger partial charge in [-0.1, -0.05) is 12.1 Å². The summed E-state index contributed by atoms with van der Waals surface area (Å²) in [7, 11) is 1.81. The number of carbonyl (C=O) groups is 2. The Morgan fingerprint density at radius 1 is 1.26 bits per heavy atom. The molecule has 0 saturated heterocycles. The Hall–Kier alpha value is -2.14. The predicted octanol–water partition coefficient (Wildman–Crippen LogP) is 3.52. The monoisotopic (exact) mass is 329 g/mol. The third-order valence-corrected chi connectivity index (χ3v) is 5.49. The molecule has 2 unspecified atom stereocenters. The van der Waals surface area contributed by atoms with Crippen molar-refractivity contribution < 1.29 is 14.7 Å². The van der Waals surface area contributed by atoms with Gasteiger partial charge in [0.05, 0.1) is 5.56 Å². The number of nitrogens with zero attached hydrogens (tertiary/aromatic N) is 1. The Bertz CT molecular complexity index is 735. The summed E-state index contributed by atoms with van der Waals surface area (Å²) in [5.74, 6) is -0.298. The second kappa shape index (κ2) is 6.16. The Morgan fingerprint density at radius 3 is 2.52 bits per heavy atom. The first kappa shape index (κ1) is 15.7. The van der Waals surface area contributed by atoms with E-state index in [9.17, 15) is 9.59 Å². The lowest BCUT2D eigenvalue weighted by atomic mass is 10.1. The number of carboxylic acid groups (broad SMARTS) is 1. The van der Waals surface area contributed by atoms with Crippen LogP contribution in [0.3, 0.4) is 0 Å². The number of aromatic carboxylic acids is 1. The molecule has 1 saturated carbocycles. The molecule has 1 fully saturated rings. The summed E-state index contributed by atoms with van der Waals surface area (Å²) in [6.07, 6.45) is 0.933. The molecule has 23 heavy (non-hydrogen) atoms. The molecule has 120 valence electrons. The molecule has 2 aromatic rings. The Balaban J connectivity index is 1.60. The van der Waals surface area contributed by atoms with Gasteiger partial charge in [0.25, 0.3) is 0 Å². The number of hydrogen-bond acceptors (Lipinski definition) is 3. The van der Waals surface area contributed by atoms with E-state index < -0.39 is 5.97 Å². The average Bonchev–Trinajstić information content (AvgIpc) is 3.21. The van der Waals surface area contributed by atoms with E-state index in [1.54, 1.807) is 40.5 Å². The van der Waals surface area contributed by atoms with Crippen molar-refractivity contribution in [3.8, 4) is 0 Å². The molecular formula is C18H19NO3S. The van der Waals surface area contributed by atoms with Gasteiger partial charge >= 0.3 is 5.97 Å². The molecule has 1 aromatic heterocycles. The molecule has 1 aliphatic rings. The maximum absolute atomic E-state index is 12.5. The molecule has 1 aliphatic carbocycles. The molecule has 3 rings (SSSR count). The van der Waals surface area contributed by atoms with Crippen LogP contribution in [0.5, 0.6) is 0 Å². The molecule has 0 radical (unpaired) electrons. The number of aryl methyl sites for hydroxylation is 1. The molecular weight excluding hydrogens is 310 g/mol. The third kappa shape index (κ3) is 3.29. The second-order valence-corrected chi connectivity index (χ2v) is 7.06. The summed E-state index contributed by atoms with van der Waals surface area (Å²) >= 11 is 1.73. The van der Waals surface area contributed by atoms with Crippen molar-refractivity contribution in [1.82, 2.24) is 4.90 Å². The molecule has 5 heteroatoms. The van der Waals surface area contributed by atoms with E-state index in [-0.39, 0.29) is 17.4 Å². The van der Waals surface area contributed by atoms with E-state index in [1.165, 1.54) is 10.4 Å². The Morgan fingerprint density at radius 2 is 1.96 bits per heavy atom. The van der Waals surface area contributed by atoms with Gasteiger partial charge in [-0.15, -0.1) is 11.3 Å². The van der Waals surface area contributed by atoms with Crippen LogP contribution in [0.15, 0.2) is 35.7 Å². The van der Waals surface area contributed by atoms with Gasteiger partial charge in [0.1, 0.15) is 0 Å². The van der Waals surface area contributed by atoms with E-state index in [1.807, 2.05) is 7.05 Å². The van der Waals surface area contributed by atoms with Gasteiger partial charge in [-0.3, -0.25) is 4.79 Å². The summed E-state index contributed by atoms with van der Waals surface area (Å²) in [6, 6.07) is 8.78. The standard InChI is InChI=1S/C18H19NO3S/c1-11-7-8-23-16(11)14-9-15(14)17(20)19(2)10-12-3-5-13(6-4-12)18(21)22/h3-8,14-15H,9-10H2,1-2H3,(H,21,22). The topological polar surface area (TPSA) is 57.6 Å². The lowest BCUT2D eigenvalue weighted by molar-refractivity contribution is -0.131. The maximum atomic E-state index is 12.5. The first-order valence-corrected chi connectivity index (χ1v) is 8.46. The minimum absolute atomic E-state index is 0.0932. The first-order chi connectivity index (χ1) is 11.0. The largest absolute Gasteiger partial charge is 0.478 e. The number of benzene rings is 1. The normalized spacial score (nSPS) is 19.4. The number of carbonyl (C=O) groups excluding carboxylic acids is 1. The van der Waals surface area contributed by atoms with Crippen molar-refractivity contribution in [3.05, 3.63) is 57.3 Å². The van der Waals surface area contributed by atoms with Gasteiger partial charge in [0.15, 0.2) is 0 Å². The molecule has 0 aliphatic heterocycles. The van der Waals surface area contributed by atoms with Gasteiger partial charge in [0, 0.05) is 30.3 Å². The first-order valence-electron chi connectivity index (χ1n) is 7.58. The number of rotatable bonds is 5. The van der Waals surface area contributed by atoms with Crippen LogP contribution in [0.25, 0.3) is 0 Å². The van der Waals surface area contributed by atoms with Crippen molar-refractivity contribution in [2.75, 3.05) is 7.05 Å². The lowest BCUT2D eigenvalue weighted by Crippen LogP contribution is -2.28. The summed E-state index contributed by atoms with van der Waals surface area (Å²) in [5.41, 5.74) is 2.48. The van der Waals surface area contributed by atoms with Gasteiger partial charge in [-0.25, -0.2) is 4.79 Å². The highest BCUT2D eigenvalue weighted by atomic mass is 32.1. The van der Waals surface area contributed by atoms with Crippen LogP contribution >= 0.6 is 11.3 Å². The van der Waals surface area contributed by atoms with Crippen LogP contribution in [-0.2, 0) is 11.3 Å². The zero-order valence-corrected chi connectivity index (χ0v) is 14.0. The van der Waals surface area contributed by atoms with Crippen LogP contribution in [0.2, 0.25) is 0 Å². The minimum atomic E-state index is -0.937. The molecule has 1 aromatic carbocycles. The van der Waals surface area contributed by atoms with E-state index in [2.05, 4.69) is 18.4 Å². The van der Waals surface area contributed by atoms with Crippen molar-refractivity contribution in [2.24, 2.45) is 5.92 Å². The van der Waals surface area contributed by atoms with Crippen molar-refractivity contribution in [2.45, 2.75) is 25.8 Å². The number of hydrogen-bond donors (Lipinski definition) is 1. The van der Waals surface area contributed by atoms with Crippen molar-refractivity contribution in [3.63, 3.8) is 0 Å². The number of thiophene rings is 1. The van der Waals surface area contributed by atoms with Crippen LogP contribution in [0.4, 0.5) is 0 Å². The lowest BCUT2D eigenvalue weighted by Gasteiger charge is -2.17. The number of amides is 1. The van der Waals surface area contributed by atoms with Gasteiger partial charge < -0.3 is 10.0 Å². The predicted molar refractivity (Wildman–Crippen MR) is 89.8 cm³/mol. The second-order valence-electron chi connectivity index (χ2n) is 6.11. The molecule has 2 atom stereocenters. The van der Waals surface area contributed by atoms with E-state index in [0.717, 1.165) is 12.0 Å². The summed E-state index contributed by atoms with van der Waals surface area (Å²) < 4.78 is 0. The molecule has 1 amide bonds. The highest BCUT2D eigenvalue weighted by molar-refractivity contribution is 7.10. The summed E-state index contributed by atoms with van der Waals surface area (Å²) in [5, 5.41) is 11.0. The van der Waals surface area contributed by atoms with E-state index in [0.29, 0.717) is 12.5 Å². The maximum Gasteiger partial charge on any atom is 0.335 e. The molecule has 0 bridgehead atoms. The molecule has 4 nitrogen and oxygen atoms in total. The van der Waals surface area contributed by atoms with Gasteiger partial charge in [0.2, 0.25) is 5.91 Å². The quantitative estimate of drug-likeness (QED) is 0.913. The van der Waals surface area contributed by atoms with Crippen LogP contribution < -0.4 is 0 Å². The zero-order valence-electron chi connectivity index (χ0n) is 13.2. The van der Waals surface area contributed by atoms with E-state index in [4.69, 9.17) is 5.11 Å². The van der Waals surface area contributed by atoms with E-state index >= 15 is 0 Å². The fraction of sp³-hybridized carbons (Fsp3) is 0.333. The fourth-order valence-electron chi connectivity index (χ4n) is 2.91. The fourth-order valence-corrected chi connectivity index (χ4v) is 4.02. The zero-order chi connectivity index (χ0) is 16.6. The van der Waals surface area contributed by atoms with Gasteiger partial charge in [-0.2, -0.15) is 0 Å². The van der Waals surface area contributed by atoms with Crippen molar-refractivity contribution >= 4 is 23.2 Å². The molecule has 1 heterocycles. The van der Waals surface area contributed by atoms with Crippen LogP contribution in [0.1, 0.15) is 38.7 Å². The smallest absolute Gasteiger partial charge is 0.335 e. The minimum Gasteiger partial charge on any atom is -0.478 e. The van der Waals surface area contributed by atoms with Crippen molar-refractivity contribution in [1.29, 1.82) is 0 Å². The van der Waals surface area contributed by atoms with Crippen LogP contribution in [0, 0.1) is 12.8 Å². The highest BCUT2D eigenvalue weighted by Gasteiger charge is 2.46. The van der Waals surface area contributed by atoms with Gasteiger partial charge in [-0.05, 0) is 48.1 Å². The summed E-state index contributed by atoms with van der Waals surface area (Å²) in [4.78, 5) is 26.5.